The normalized spacial score (nSPS) is 10.5. The Bertz CT molecular complexity index is 498. The number of aliphatic carboxylic acids is 4. The molecule has 0 radical (unpaired) electrons. The van der Waals surface area contributed by atoms with Gasteiger partial charge in [0.1, 0.15) is 0 Å². The second-order valence-electron chi connectivity index (χ2n) is 3.56. The molecule has 25 heteroatoms. The summed E-state index contributed by atoms with van der Waals surface area (Å²) in [6.07, 6.45) is 0. The third kappa shape index (κ3) is 72.3. The summed E-state index contributed by atoms with van der Waals surface area (Å²) in [4.78, 5) is 75.9. The predicted octanol–water partition coefficient (Wildman–Crippen LogP) is -3.58. The van der Waals surface area contributed by atoms with Gasteiger partial charge in [0, 0.05) is 0 Å². The van der Waals surface area contributed by atoms with Gasteiger partial charge in [0.25, 0.3) is 0 Å². The molecule has 0 amide bonds. The Balaban J connectivity index is -0.000000105. The molecule has 20 nitrogen and oxygen atoms in total. The molecule has 4 unspecified atom stereocenters. The summed E-state index contributed by atoms with van der Waals surface area (Å²) in [6.45, 7) is -3.17. The number of carboxylic acids is 4. The molecule has 4 atom stereocenters. The molecule has 0 bridgehead atoms. The molecule has 0 rings (SSSR count). The summed E-state index contributed by atoms with van der Waals surface area (Å²) in [5, 5.41) is 31.1. The zero-order valence-corrected chi connectivity index (χ0v) is 21.5. The summed E-state index contributed by atoms with van der Waals surface area (Å²) in [7, 11) is -12.1. The van der Waals surface area contributed by atoms with Crippen molar-refractivity contribution in [3.8, 4) is 0 Å². The van der Waals surface area contributed by atoms with Crippen LogP contribution in [-0.4, -0.2) is 70.7 Å². The van der Waals surface area contributed by atoms with Crippen molar-refractivity contribution in [3.63, 3.8) is 0 Å². The van der Waals surface area contributed by atoms with Gasteiger partial charge in [-0.15, -0.1) is 18.1 Å². The zero-order valence-electron chi connectivity index (χ0n) is 15.4. The first-order valence-electron chi connectivity index (χ1n) is 6.47. The third-order valence-corrected chi connectivity index (χ3v) is 2.53. The molecule has 0 aromatic heterocycles. The van der Waals surface area contributed by atoms with Crippen LogP contribution in [0.3, 0.4) is 0 Å². The number of hydrogen-bond donors (Lipinski definition) is 4. The monoisotopic (exact) mass is 642 g/mol. The van der Waals surface area contributed by atoms with Crippen molar-refractivity contribution in [2.24, 2.45) is 0 Å². The van der Waals surface area contributed by atoms with Crippen LogP contribution in [0.2, 0.25) is 0 Å². The summed E-state index contributed by atoms with van der Waals surface area (Å²) in [5.41, 5.74) is 0. The second-order valence-corrected chi connectivity index (χ2v) is 6.38. The van der Waals surface area contributed by atoms with Gasteiger partial charge in [0.05, 0.1) is 0 Å². The van der Waals surface area contributed by atoms with Crippen molar-refractivity contribution in [1.82, 2.24) is 0 Å². The topological polar surface area (TPSA) is 347 Å². The molecule has 0 fully saturated rings. The fourth-order valence-corrected chi connectivity index (χ4v) is 1.30. The summed E-state index contributed by atoms with van der Waals surface area (Å²) in [6, 6.07) is 0. The molecular weight excluding hydrogens is 631 g/mol. The van der Waals surface area contributed by atoms with E-state index in [1.165, 1.54) is 0 Å². The zero-order chi connectivity index (χ0) is 26.3. The first kappa shape index (κ1) is 42.0. The molecule has 0 spiro atoms. The van der Waals surface area contributed by atoms with E-state index in [4.69, 9.17) is 20.4 Å². The molecule has 0 heterocycles. The van der Waals surface area contributed by atoms with Gasteiger partial charge in [-0.1, -0.05) is 0 Å². The smallest absolute Gasteiger partial charge is 0.566 e. The van der Waals surface area contributed by atoms with Crippen LogP contribution in [0.15, 0.2) is 0 Å². The van der Waals surface area contributed by atoms with Crippen molar-refractivity contribution in [3.05, 3.63) is 0 Å². The van der Waals surface area contributed by atoms with Crippen molar-refractivity contribution < 1.29 is 122 Å². The van der Waals surface area contributed by atoms with E-state index in [1.807, 2.05) is 0 Å². The van der Waals surface area contributed by atoms with E-state index in [9.17, 15) is 57.0 Å². The molecule has 33 heavy (non-hydrogen) atoms. The van der Waals surface area contributed by atoms with Crippen LogP contribution in [0.4, 0.5) is 0 Å². The van der Waals surface area contributed by atoms with Gasteiger partial charge < -0.3 is 40.0 Å². The van der Waals surface area contributed by atoms with E-state index in [-0.39, 0.29) is 26.2 Å². The van der Waals surface area contributed by atoms with Gasteiger partial charge in [0.2, 0.25) is 0 Å². The van der Waals surface area contributed by atoms with Gasteiger partial charge >= 0.3 is 83.1 Å². The van der Waals surface area contributed by atoms with Crippen LogP contribution in [0.5, 0.6) is 0 Å². The van der Waals surface area contributed by atoms with E-state index in [0.717, 1.165) is 0 Å². The van der Waals surface area contributed by atoms with Crippen LogP contribution in [-0.2, 0) is 81.7 Å². The van der Waals surface area contributed by atoms with Crippen LogP contribution in [0.1, 0.15) is 0 Å². The molecule has 0 aromatic carbocycles. The molecule has 4 N–H and O–H groups in total. The van der Waals surface area contributed by atoms with Crippen molar-refractivity contribution in [1.29, 1.82) is 0 Å². The van der Waals surface area contributed by atoms with E-state index in [2.05, 4.69) is 18.1 Å². The fraction of sp³-hybridized carbons (Fsp3) is 0.500. The molecule has 0 aliphatic rings. The van der Waals surface area contributed by atoms with Crippen molar-refractivity contribution in [2.45, 2.75) is 0 Å². The second kappa shape index (κ2) is 28.9. The maximum Gasteiger partial charge on any atom is 4.00 e. The standard InChI is InChI=1S/4C2H3O5P.Zr/c4*3-2(4)1-7-8(5)6;/h4*1H2,(H,3,4);/q;;;;+4. The third-order valence-electron chi connectivity index (χ3n) is 1.17. The van der Waals surface area contributed by atoms with E-state index in [1.54, 1.807) is 0 Å². The molecule has 0 saturated carbocycles. The number of rotatable bonds is 12. The Labute approximate surface area is 205 Å². The first-order valence-corrected chi connectivity index (χ1v) is 10.9. The minimum atomic E-state index is -3.01. The van der Waals surface area contributed by atoms with Crippen LogP contribution < -0.4 is 19.6 Å². The first-order chi connectivity index (χ1) is 14.5. The summed E-state index contributed by atoms with van der Waals surface area (Å²) >= 11 is 0. The maximum absolute atomic E-state index is 9.51. The Morgan fingerprint density at radius 3 is 0.636 bits per heavy atom. The summed E-state index contributed by atoms with van der Waals surface area (Å²) < 4.78 is 52.5. The SMILES string of the molecule is O=C(O)CO[P+](=O)[O-].O=C(O)CO[P+](=O)[O-].O=C(O)CO[P+](=O)[O-].O=C(O)CO[P+](=O)[O-].[Zr+4]. The van der Waals surface area contributed by atoms with E-state index < -0.39 is 83.3 Å². The average molecular weight is 643 g/mol. The predicted molar refractivity (Wildman–Crippen MR) is 84.8 cm³/mol. The van der Waals surface area contributed by atoms with Gasteiger partial charge in [0.15, 0.2) is 26.4 Å². The van der Waals surface area contributed by atoms with Crippen LogP contribution in [0.25, 0.3) is 0 Å². The Morgan fingerprint density at radius 2 is 0.606 bits per heavy atom. The van der Waals surface area contributed by atoms with Crippen LogP contribution >= 0.6 is 33.0 Å². The van der Waals surface area contributed by atoms with Crippen LogP contribution in [0, 0.1) is 0 Å². The minimum absolute atomic E-state index is 0. The molecule has 0 aromatic rings. The molecule has 0 saturated heterocycles. The minimum Gasteiger partial charge on any atom is -0.566 e. The summed E-state index contributed by atoms with van der Waals surface area (Å²) in [5.74, 6) is -5.21. The van der Waals surface area contributed by atoms with Gasteiger partial charge in [-0.2, -0.15) is 0 Å². The largest absolute Gasteiger partial charge is 4.00 e. The molecule has 0 aliphatic carbocycles. The number of hydrogen-bond acceptors (Lipinski definition) is 16. The van der Waals surface area contributed by atoms with Gasteiger partial charge in [-0.05, 0) is 18.3 Å². The van der Waals surface area contributed by atoms with E-state index >= 15 is 0 Å². The Kier molecular flexibility index (Phi) is 36.8. The molecule has 0 aliphatic heterocycles. The van der Waals surface area contributed by atoms with Gasteiger partial charge in [-0.3, -0.25) is 0 Å². The van der Waals surface area contributed by atoms with E-state index in [0.29, 0.717) is 0 Å². The maximum atomic E-state index is 9.51. The van der Waals surface area contributed by atoms with Crippen molar-refractivity contribution in [2.75, 3.05) is 26.4 Å². The Hall–Kier alpha value is -1.16. The van der Waals surface area contributed by atoms with Gasteiger partial charge in [-0.25, -0.2) is 19.2 Å². The average Bonchev–Trinajstić information content (AvgIpc) is 2.63. The molecular formula is C8H12O20P4Zr+4. The fourth-order valence-electron chi connectivity index (χ4n) is 0.432. The molecule has 184 valence electrons. The number of carboxylic acid groups (broad SMARTS) is 4. The quantitative estimate of drug-likeness (QED) is 0.149. The Morgan fingerprint density at radius 1 is 0.485 bits per heavy atom. The van der Waals surface area contributed by atoms with Crippen molar-refractivity contribution >= 4 is 56.9 Å². The number of carbonyl (C=O) groups is 4.